The van der Waals surface area contributed by atoms with Gasteiger partial charge in [-0.3, -0.25) is 9.59 Å². The van der Waals surface area contributed by atoms with Crippen molar-refractivity contribution in [3.63, 3.8) is 0 Å². The van der Waals surface area contributed by atoms with Gasteiger partial charge in [-0.05, 0) is 30.7 Å². The molecule has 4 nitrogen and oxygen atoms in total. The molecule has 16 heavy (non-hydrogen) atoms. The van der Waals surface area contributed by atoms with E-state index in [-0.39, 0.29) is 12.3 Å². The van der Waals surface area contributed by atoms with Crippen LogP contribution in [0.4, 0.5) is 0 Å². The first-order chi connectivity index (χ1) is 7.59. The minimum absolute atomic E-state index is 0.0701. The van der Waals surface area contributed by atoms with Gasteiger partial charge in [0.1, 0.15) is 0 Å². The molecule has 1 aromatic rings. The van der Waals surface area contributed by atoms with Gasteiger partial charge in [0.25, 0.3) is 5.91 Å². The maximum atomic E-state index is 11.5. The summed E-state index contributed by atoms with van der Waals surface area (Å²) in [5.74, 6) is -1.03. The van der Waals surface area contributed by atoms with Crippen molar-refractivity contribution in [1.82, 2.24) is 5.32 Å². The molecule has 0 atom stereocenters. The molecule has 0 aliphatic rings. The normalized spacial score (nSPS) is 9.81. The van der Waals surface area contributed by atoms with E-state index in [9.17, 15) is 9.59 Å². The predicted molar refractivity (Wildman–Crippen MR) is 63.3 cm³/mol. The Morgan fingerprint density at radius 1 is 1.25 bits per heavy atom. The number of carbonyl (C=O) groups is 2. The third-order valence-electron chi connectivity index (χ3n) is 1.96. The highest BCUT2D eigenvalue weighted by Crippen LogP contribution is 2.10. The van der Waals surface area contributed by atoms with Gasteiger partial charge in [-0.25, -0.2) is 0 Å². The molecule has 5 heteroatoms. The molecule has 0 radical (unpaired) electrons. The Labute approximate surface area is 102 Å². The lowest BCUT2D eigenvalue weighted by molar-refractivity contribution is -0.137. The van der Waals surface area contributed by atoms with Gasteiger partial charge >= 0.3 is 5.97 Å². The number of rotatable bonds is 5. The molecule has 0 saturated heterocycles. The summed E-state index contributed by atoms with van der Waals surface area (Å²) in [6.07, 6.45) is 0.512. The Morgan fingerprint density at radius 3 is 2.44 bits per heavy atom. The molecule has 1 rings (SSSR count). The van der Waals surface area contributed by atoms with Gasteiger partial charge in [0.05, 0.1) is 0 Å². The fourth-order valence-corrected chi connectivity index (χ4v) is 1.41. The number of carboxylic acid groups (broad SMARTS) is 1. The summed E-state index contributed by atoms with van der Waals surface area (Å²) in [7, 11) is 0. The molecule has 0 unspecified atom stereocenters. The number of aliphatic carboxylic acids is 1. The van der Waals surface area contributed by atoms with Crippen molar-refractivity contribution < 1.29 is 14.7 Å². The van der Waals surface area contributed by atoms with Crippen molar-refractivity contribution in [2.45, 2.75) is 12.8 Å². The van der Waals surface area contributed by atoms with Crippen LogP contribution in [0.3, 0.4) is 0 Å². The Bertz CT molecular complexity index is 375. The number of nitrogens with one attached hydrogen (secondary N) is 1. The quantitative estimate of drug-likeness (QED) is 0.814. The molecule has 0 saturated carbocycles. The zero-order valence-electron chi connectivity index (χ0n) is 8.57. The Kier molecular flexibility index (Phi) is 4.98. The maximum Gasteiger partial charge on any atom is 0.303 e. The largest absolute Gasteiger partial charge is 0.481 e. The van der Waals surface area contributed by atoms with Crippen LogP contribution in [0.15, 0.2) is 28.7 Å². The number of halogens is 1. The van der Waals surface area contributed by atoms with Crippen molar-refractivity contribution in [2.24, 2.45) is 0 Å². The van der Waals surface area contributed by atoms with Crippen LogP contribution in [0.1, 0.15) is 23.2 Å². The van der Waals surface area contributed by atoms with Crippen molar-refractivity contribution >= 4 is 27.8 Å². The molecule has 1 aromatic carbocycles. The fraction of sp³-hybridized carbons (Fsp3) is 0.273. The summed E-state index contributed by atoms with van der Waals surface area (Å²) in [6, 6.07) is 6.98. The average Bonchev–Trinajstić information content (AvgIpc) is 2.25. The highest BCUT2D eigenvalue weighted by molar-refractivity contribution is 9.10. The smallest absolute Gasteiger partial charge is 0.303 e. The molecule has 0 aliphatic carbocycles. The summed E-state index contributed by atoms with van der Waals surface area (Å²) in [5.41, 5.74) is 0.568. The van der Waals surface area contributed by atoms with Crippen LogP contribution in [0.25, 0.3) is 0 Å². The zero-order chi connectivity index (χ0) is 12.0. The molecule has 0 spiro atoms. The standard InChI is InChI=1S/C11H12BrNO3/c12-9-5-3-8(4-6-9)11(16)13-7-1-2-10(14)15/h3-6H,1-2,7H2,(H,13,16)(H,14,15). The zero-order valence-corrected chi connectivity index (χ0v) is 10.2. The van der Waals surface area contributed by atoms with E-state index in [0.717, 1.165) is 4.47 Å². The Balaban J connectivity index is 2.35. The summed E-state index contributed by atoms with van der Waals surface area (Å²) in [6.45, 7) is 0.376. The van der Waals surface area contributed by atoms with Crippen molar-refractivity contribution in [3.05, 3.63) is 34.3 Å². The van der Waals surface area contributed by atoms with E-state index in [1.165, 1.54) is 0 Å². The molecule has 2 N–H and O–H groups in total. The lowest BCUT2D eigenvalue weighted by Gasteiger charge is -2.03. The second kappa shape index (κ2) is 6.27. The van der Waals surface area contributed by atoms with Gasteiger partial charge in [0.2, 0.25) is 0 Å². The number of carbonyl (C=O) groups excluding carboxylic acids is 1. The van der Waals surface area contributed by atoms with Crippen molar-refractivity contribution in [1.29, 1.82) is 0 Å². The lowest BCUT2D eigenvalue weighted by Crippen LogP contribution is -2.24. The first kappa shape index (κ1) is 12.7. The van der Waals surface area contributed by atoms with E-state index < -0.39 is 5.97 Å². The summed E-state index contributed by atoms with van der Waals surface area (Å²) >= 11 is 3.28. The molecule has 1 amide bonds. The molecule has 0 heterocycles. The van der Waals surface area contributed by atoms with Gasteiger partial charge in [0, 0.05) is 23.0 Å². The van der Waals surface area contributed by atoms with Gasteiger partial charge in [-0.15, -0.1) is 0 Å². The second-order valence-electron chi connectivity index (χ2n) is 3.26. The van der Waals surface area contributed by atoms with Crippen LogP contribution in [0.5, 0.6) is 0 Å². The third-order valence-corrected chi connectivity index (χ3v) is 2.49. The van der Waals surface area contributed by atoms with Crippen molar-refractivity contribution in [3.8, 4) is 0 Å². The van der Waals surface area contributed by atoms with E-state index in [1.807, 2.05) is 0 Å². The first-order valence-electron chi connectivity index (χ1n) is 4.85. The van der Waals surface area contributed by atoms with Gasteiger partial charge in [-0.1, -0.05) is 15.9 Å². The SMILES string of the molecule is O=C(O)CCCNC(=O)c1ccc(Br)cc1. The Morgan fingerprint density at radius 2 is 1.88 bits per heavy atom. The monoisotopic (exact) mass is 285 g/mol. The van der Waals surface area contributed by atoms with Crippen molar-refractivity contribution in [2.75, 3.05) is 6.54 Å². The van der Waals surface area contributed by atoms with Gasteiger partial charge in [0.15, 0.2) is 0 Å². The average molecular weight is 286 g/mol. The number of benzene rings is 1. The van der Waals surface area contributed by atoms with E-state index in [4.69, 9.17) is 5.11 Å². The van der Waals surface area contributed by atoms with E-state index in [1.54, 1.807) is 24.3 Å². The van der Waals surface area contributed by atoms with Gasteiger partial charge < -0.3 is 10.4 Å². The molecule has 0 aliphatic heterocycles. The molecular weight excluding hydrogens is 274 g/mol. The van der Waals surface area contributed by atoms with Crippen LogP contribution in [-0.2, 0) is 4.79 Å². The van der Waals surface area contributed by atoms with Crippen LogP contribution >= 0.6 is 15.9 Å². The van der Waals surface area contributed by atoms with Gasteiger partial charge in [-0.2, -0.15) is 0 Å². The molecule has 0 bridgehead atoms. The summed E-state index contributed by atoms with van der Waals surface area (Å²) < 4.78 is 0.912. The third kappa shape index (κ3) is 4.44. The first-order valence-corrected chi connectivity index (χ1v) is 5.64. The van der Waals surface area contributed by atoms with Crippen LogP contribution in [0, 0.1) is 0 Å². The molecule has 0 fully saturated rings. The summed E-state index contributed by atoms with van der Waals surface area (Å²) in [5, 5.41) is 11.1. The highest BCUT2D eigenvalue weighted by Gasteiger charge is 2.04. The fourth-order valence-electron chi connectivity index (χ4n) is 1.14. The molecule has 0 aromatic heterocycles. The molecular formula is C11H12BrNO3. The minimum atomic E-state index is -0.849. The predicted octanol–water partition coefficient (Wildman–Crippen LogP) is 2.04. The van der Waals surface area contributed by atoms with Crippen LogP contribution < -0.4 is 5.32 Å². The Hall–Kier alpha value is -1.36. The lowest BCUT2D eigenvalue weighted by atomic mass is 10.2. The topological polar surface area (TPSA) is 66.4 Å². The van der Waals surface area contributed by atoms with Crippen LogP contribution in [0.2, 0.25) is 0 Å². The number of carboxylic acids is 1. The summed E-state index contributed by atoms with van der Waals surface area (Å²) in [4.78, 5) is 21.8. The number of hydrogen-bond donors (Lipinski definition) is 2. The number of amides is 1. The minimum Gasteiger partial charge on any atom is -0.481 e. The maximum absolute atomic E-state index is 11.5. The van der Waals surface area contributed by atoms with E-state index >= 15 is 0 Å². The highest BCUT2D eigenvalue weighted by atomic mass is 79.9. The second-order valence-corrected chi connectivity index (χ2v) is 4.18. The number of hydrogen-bond acceptors (Lipinski definition) is 2. The van der Waals surface area contributed by atoms with E-state index in [2.05, 4.69) is 21.2 Å². The molecule has 86 valence electrons. The van der Waals surface area contributed by atoms with Crippen LogP contribution in [-0.4, -0.2) is 23.5 Å². The van der Waals surface area contributed by atoms with E-state index in [0.29, 0.717) is 18.5 Å².